The zero-order valence-corrected chi connectivity index (χ0v) is 18.9. The molecule has 5 rings (SSSR count). The molecule has 6 heteroatoms. The molecule has 1 unspecified atom stereocenters. The molecule has 0 amide bonds. The van der Waals surface area contributed by atoms with Gasteiger partial charge in [-0.25, -0.2) is 4.98 Å². The summed E-state index contributed by atoms with van der Waals surface area (Å²) in [5.74, 6) is 0.648. The number of aromatic nitrogens is 2. The maximum Gasteiger partial charge on any atom is 0.268 e. The van der Waals surface area contributed by atoms with Crippen LogP contribution in [0.3, 0.4) is 0 Å². The summed E-state index contributed by atoms with van der Waals surface area (Å²) in [6.45, 7) is 0.651. The van der Waals surface area contributed by atoms with Gasteiger partial charge in [0.05, 0.1) is 11.9 Å². The normalized spacial score (nSPS) is 15.6. The van der Waals surface area contributed by atoms with Crippen molar-refractivity contribution in [3.05, 3.63) is 119 Å². The van der Waals surface area contributed by atoms with Gasteiger partial charge in [0.2, 0.25) is 0 Å². The number of allylic oxidation sites excluding steroid dienone is 1. The number of fused-ring (bicyclic) bond motifs is 1. The van der Waals surface area contributed by atoms with E-state index in [0.717, 1.165) is 24.9 Å². The van der Waals surface area contributed by atoms with E-state index in [9.17, 15) is 4.79 Å². The smallest absolute Gasteiger partial charge is 0.268 e. The molecule has 1 aliphatic rings. The van der Waals surface area contributed by atoms with Crippen molar-refractivity contribution in [2.24, 2.45) is 5.10 Å². The van der Waals surface area contributed by atoms with Crippen LogP contribution in [0, 0.1) is 0 Å². The van der Waals surface area contributed by atoms with E-state index in [-0.39, 0.29) is 11.6 Å². The van der Waals surface area contributed by atoms with Gasteiger partial charge < -0.3 is 4.90 Å². The fourth-order valence-electron chi connectivity index (χ4n) is 4.29. The molecule has 0 aliphatic heterocycles. The summed E-state index contributed by atoms with van der Waals surface area (Å²) in [7, 11) is 0. The van der Waals surface area contributed by atoms with E-state index < -0.39 is 0 Å². The molecule has 2 heterocycles. The fraction of sp³-hybridized carbons (Fsp3) is 0.179. The van der Waals surface area contributed by atoms with Gasteiger partial charge in [-0.15, -0.1) is 0 Å². The van der Waals surface area contributed by atoms with Gasteiger partial charge in [-0.05, 0) is 49.1 Å². The quantitative estimate of drug-likeness (QED) is 0.238. The van der Waals surface area contributed by atoms with Crippen LogP contribution >= 0.6 is 0 Å². The van der Waals surface area contributed by atoms with Crippen molar-refractivity contribution in [1.82, 2.24) is 9.38 Å². The molecular weight excluding hydrogens is 422 g/mol. The Labute approximate surface area is 198 Å². The van der Waals surface area contributed by atoms with Crippen LogP contribution in [-0.2, 0) is 6.54 Å². The van der Waals surface area contributed by atoms with Crippen molar-refractivity contribution in [3.8, 4) is 0 Å². The maximum atomic E-state index is 13.6. The number of rotatable bonds is 7. The highest BCUT2D eigenvalue weighted by Crippen LogP contribution is 2.26. The summed E-state index contributed by atoms with van der Waals surface area (Å²) < 4.78 is 1.57. The van der Waals surface area contributed by atoms with E-state index in [1.165, 1.54) is 5.56 Å². The number of nitrogens with zero attached hydrogens (tertiary/aromatic N) is 4. The largest absolute Gasteiger partial charge is 0.345 e. The zero-order valence-electron chi connectivity index (χ0n) is 18.9. The number of hydrazone groups is 1. The molecule has 4 aromatic rings. The van der Waals surface area contributed by atoms with Crippen LogP contribution in [0.4, 0.5) is 11.5 Å². The van der Waals surface area contributed by atoms with E-state index >= 15 is 0 Å². The fourth-order valence-corrected chi connectivity index (χ4v) is 4.29. The summed E-state index contributed by atoms with van der Waals surface area (Å²) in [4.78, 5) is 20.8. The van der Waals surface area contributed by atoms with Gasteiger partial charge in [0, 0.05) is 18.8 Å². The van der Waals surface area contributed by atoms with Gasteiger partial charge in [-0.3, -0.25) is 14.6 Å². The summed E-state index contributed by atoms with van der Waals surface area (Å²) in [5, 5.41) is 4.40. The average molecular weight is 450 g/mol. The topological polar surface area (TPSA) is 62.0 Å². The lowest BCUT2D eigenvalue weighted by atomic mass is 10.00. The van der Waals surface area contributed by atoms with Crippen molar-refractivity contribution in [2.75, 3.05) is 10.3 Å². The summed E-state index contributed by atoms with van der Waals surface area (Å²) >= 11 is 0. The predicted molar refractivity (Wildman–Crippen MR) is 139 cm³/mol. The van der Waals surface area contributed by atoms with E-state index in [1.807, 2.05) is 66.7 Å². The monoisotopic (exact) mass is 449 g/mol. The minimum atomic E-state index is -0.142. The third kappa shape index (κ3) is 4.76. The molecule has 1 atom stereocenters. The first-order valence-corrected chi connectivity index (χ1v) is 11.6. The first-order chi connectivity index (χ1) is 16.8. The van der Waals surface area contributed by atoms with Crippen LogP contribution in [0.1, 0.15) is 30.4 Å². The van der Waals surface area contributed by atoms with Crippen LogP contribution in [0.15, 0.2) is 107 Å². The molecule has 0 radical (unpaired) electrons. The molecule has 1 N–H and O–H groups in total. The van der Waals surface area contributed by atoms with Crippen molar-refractivity contribution < 1.29 is 0 Å². The first kappa shape index (κ1) is 21.6. The Morgan fingerprint density at radius 1 is 1.03 bits per heavy atom. The second-order valence-corrected chi connectivity index (χ2v) is 8.36. The second-order valence-electron chi connectivity index (χ2n) is 8.36. The number of hydrogen-bond donors (Lipinski definition) is 1. The van der Waals surface area contributed by atoms with Crippen molar-refractivity contribution in [3.63, 3.8) is 0 Å². The Kier molecular flexibility index (Phi) is 6.47. The molecule has 170 valence electrons. The summed E-state index contributed by atoms with van der Waals surface area (Å²) in [6, 6.07) is 25.8. The zero-order chi connectivity index (χ0) is 23.2. The highest BCUT2D eigenvalue weighted by Gasteiger charge is 2.24. The lowest BCUT2D eigenvalue weighted by Crippen LogP contribution is -2.38. The first-order valence-electron chi connectivity index (χ1n) is 11.6. The summed E-state index contributed by atoms with van der Waals surface area (Å²) in [6.07, 6.45) is 11.0. The number of anilines is 2. The molecule has 6 nitrogen and oxygen atoms in total. The summed E-state index contributed by atoms with van der Waals surface area (Å²) in [5.41, 5.74) is 5.98. The van der Waals surface area contributed by atoms with Crippen LogP contribution in [-0.4, -0.2) is 21.6 Å². The Hall–Kier alpha value is -4.19. The SMILES string of the molecule is O=c1c(/C=N/Nc2ccccc2)c(N(Cc2ccccc2)C2C=CCCC2)nc2ccccn12. The van der Waals surface area contributed by atoms with Crippen molar-refractivity contribution in [1.29, 1.82) is 0 Å². The maximum absolute atomic E-state index is 13.6. The molecule has 0 saturated heterocycles. The molecular formula is C28H27N5O. The Morgan fingerprint density at radius 3 is 2.56 bits per heavy atom. The molecule has 0 bridgehead atoms. The van der Waals surface area contributed by atoms with Gasteiger partial charge >= 0.3 is 0 Å². The predicted octanol–water partition coefficient (Wildman–Crippen LogP) is 5.26. The number of pyridine rings is 1. The van der Waals surface area contributed by atoms with Crippen molar-refractivity contribution in [2.45, 2.75) is 31.8 Å². The Morgan fingerprint density at radius 2 is 1.79 bits per heavy atom. The molecule has 0 saturated carbocycles. The van der Waals surface area contributed by atoms with Gasteiger partial charge in [-0.1, -0.05) is 66.7 Å². The standard InChI is InChI=1S/C28H27N5O/c34-28-25(20-29-31-23-14-6-2-7-15-23)27(30-26-18-10-11-19-32(26)28)33(24-16-8-3-9-17-24)21-22-12-4-1-5-13-22/h1-2,4-8,10-16,18-20,24,31H,3,9,17,21H2/b29-20+. The van der Waals surface area contributed by atoms with E-state index in [2.05, 4.69) is 39.7 Å². The number of para-hydroxylation sites is 1. The van der Waals surface area contributed by atoms with Crippen LogP contribution in [0.25, 0.3) is 5.65 Å². The number of hydrogen-bond acceptors (Lipinski definition) is 5. The molecule has 0 spiro atoms. The number of benzene rings is 2. The minimum absolute atomic E-state index is 0.142. The van der Waals surface area contributed by atoms with Crippen LogP contribution < -0.4 is 15.9 Å². The second kappa shape index (κ2) is 10.2. The Bertz CT molecular complexity index is 1360. The van der Waals surface area contributed by atoms with Crippen molar-refractivity contribution >= 4 is 23.4 Å². The molecule has 2 aromatic carbocycles. The van der Waals surface area contributed by atoms with Gasteiger partial charge in [-0.2, -0.15) is 5.10 Å². The lowest BCUT2D eigenvalue weighted by molar-refractivity contribution is 0.580. The molecule has 0 fully saturated rings. The van der Waals surface area contributed by atoms with Crippen LogP contribution in [0.2, 0.25) is 0 Å². The Balaban J connectivity index is 1.62. The third-order valence-corrected chi connectivity index (χ3v) is 6.01. The van der Waals surface area contributed by atoms with E-state index in [4.69, 9.17) is 4.98 Å². The van der Waals surface area contributed by atoms with E-state index in [0.29, 0.717) is 23.6 Å². The highest BCUT2D eigenvalue weighted by atomic mass is 16.1. The van der Waals surface area contributed by atoms with Crippen LogP contribution in [0.5, 0.6) is 0 Å². The van der Waals surface area contributed by atoms with Gasteiger partial charge in [0.1, 0.15) is 17.0 Å². The van der Waals surface area contributed by atoms with Gasteiger partial charge in [0.15, 0.2) is 0 Å². The lowest BCUT2D eigenvalue weighted by Gasteiger charge is -2.33. The molecule has 34 heavy (non-hydrogen) atoms. The number of nitrogens with one attached hydrogen (secondary N) is 1. The van der Waals surface area contributed by atoms with Gasteiger partial charge in [0.25, 0.3) is 5.56 Å². The average Bonchev–Trinajstić information content (AvgIpc) is 2.90. The minimum Gasteiger partial charge on any atom is -0.345 e. The molecule has 2 aromatic heterocycles. The third-order valence-electron chi connectivity index (χ3n) is 6.01. The van der Waals surface area contributed by atoms with E-state index in [1.54, 1.807) is 16.8 Å². The molecule has 1 aliphatic carbocycles. The highest BCUT2D eigenvalue weighted by molar-refractivity contribution is 5.87.